The van der Waals surface area contributed by atoms with Crippen LogP contribution in [0.15, 0.2) is 42.5 Å². The minimum absolute atomic E-state index is 0.0541. The van der Waals surface area contributed by atoms with E-state index in [0.29, 0.717) is 25.3 Å². The van der Waals surface area contributed by atoms with Gasteiger partial charge in [0.1, 0.15) is 23.5 Å². The Labute approximate surface area is 178 Å². The molecule has 30 heavy (non-hydrogen) atoms. The summed E-state index contributed by atoms with van der Waals surface area (Å²) in [5.74, 6) is 0.403. The van der Waals surface area contributed by atoms with E-state index < -0.39 is 11.1 Å². The Kier molecular flexibility index (Phi) is 6.17. The molecule has 0 saturated carbocycles. The molecule has 1 aliphatic rings. The molecule has 0 bridgehead atoms. The molecule has 3 rings (SSSR count). The zero-order valence-corrected chi connectivity index (χ0v) is 18.3. The minimum Gasteiger partial charge on any atom is -0.489 e. The van der Waals surface area contributed by atoms with Crippen molar-refractivity contribution in [2.45, 2.75) is 65.5 Å². The molecule has 0 spiro atoms. The number of amides is 1. The Hall–Kier alpha value is -2.86. The lowest BCUT2D eigenvalue weighted by Gasteiger charge is -2.29. The van der Waals surface area contributed by atoms with E-state index >= 15 is 0 Å². The zero-order valence-electron chi connectivity index (χ0n) is 18.3. The molecule has 160 valence electrons. The fraction of sp³-hybridized carbons (Fsp3) is 0.417. The van der Waals surface area contributed by atoms with Gasteiger partial charge in [-0.1, -0.05) is 30.3 Å². The lowest BCUT2D eigenvalue weighted by Crippen LogP contribution is -2.49. The Morgan fingerprint density at radius 1 is 1.03 bits per heavy atom. The molecule has 2 N–H and O–H groups in total. The summed E-state index contributed by atoms with van der Waals surface area (Å²) in [5, 5.41) is 6.08. The molecule has 0 fully saturated rings. The quantitative estimate of drug-likeness (QED) is 0.681. The van der Waals surface area contributed by atoms with E-state index in [-0.39, 0.29) is 11.9 Å². The summed E-state index contributed by atoms with van der Waals surface area (Å²) in [6.45, 7) is 10.7. The van der Waals surface area contributed by atoms with Crippen molar-refractivity contribution in [1.82, 2.24) is 10.6 Å². The number of benzene rings is 2. The van der Waals surface area contributed by atoms with Crippen LogP contribution in [0.1, 0.15) is 61.7 Å². The van der Waals surface area contributed by atoms with Gasteiger partial charge in [0.05, 0.1) is 0 Å². The van der Waals surface area contributed by atoms with Crippen LogP contribution < -0.4 is 15.4 Å². The molecule has 1 heterocycles. The summed E-state index contributed by atoms with van der Waals surface area (Å²) in [6.07, 6.45) is 0. The largest absolute Gasteiger partial charge is 0.489 e. The number of rotatable bonds is 7. The Bertz CT molecular complexity index is 927. The van der Waals surface area contributed by atoms with Gasteiger partial charge in [0, 0.05) is 24.2 Å². The van der Waals surface area contributed by atoms with Crippen molar-refractivity contribution in [2.24, 2.45) is 0 Å². The highest BCUT2D eigenvalue weighted by atomic mass is 16.6. The van der Waals surface area contributed by atoms with E-state index in [1.807, 2.05) is 77.1 Å². The van der Waals surface area contributed by atoms with Crippen molar-refractivity contribution in [3.63, 3.8) is 0 Å². The molecule has 6 nitrogen and oxygen atoms in total. The summed E-state index contributed by atoms with van der Waals surface area (Å²) in [6, 6.07) is 13.6. The van der Waals surface area contributed by atoms with Crippen molar-refractivity contribution >= 4 is 11.9 Å². The first-order chi connectivity index (χ1) is 14.0. The predicted molar refractivity (Wildman–Crippen MR) is 115 cm³/mol. The molecular formula is C24H30N2O4. The summed E-state index contributed by atoms with van der Waals surface area (Å²) in [4.78, 5) is 24.1. The highest BCUT2D eigenvalue weighted by Crippen LogP contribution is 2.27. The van der Waals surface area contributed by atoms with Gasteiger partial charge in [-0.15, -0.1) is 0 Å². The van der Waals surface area contributed by atoms with Crippen LogP contribution in [0.3, 0.4) is 0 Å². The van der Waals surface area contributed by atoms with Gasteiger partial charge in [-0.2, -0.15) is 0 Å². The second kappa shape index (κ2) is 8.48. The highest BCUT2D eigenvalue weighted by Gasteiger charge is 2.32. The molecule has 0 radical (unpaired) electrons. The third-order valence-electron chi connectivity index (χ3n) is 4.86. The molecule has 2 aromatic rings. The van der Waals surface area contributed by atoms with Crippen molar-refractivity contribution in [3.05, 3.63) is 64.7 Å². The first kappa shape index (κ1) is 21.8. The molecule has 6 heteroatoms. The average molecular weight is 411 g/mol. The lowest BCUT2D eigenvalue weighted by atomic mass is 10.0. The summed E-state index contributed by atoms with van der Waals surface area (Å²) < 4.78 is 11.4. The maximum absolute atomic E-state index is 12.3. The number of ether oxygens (including phenoxy) is 2. The molecule has 0 aromatic heterocycles. The fourth-order valence-electron chi connectivity index (χ4n) is 3.08. The number of hydrogen-bond donors (Lipinski definition) is 2. The molecule has 0 unspecified atom stereocenters. The average Bonchev–Trinajstić information content (AvgIpc) is 3.06. The van der Waals surface area contributed by atoms with Crippen LogP contribution in [0, 0.1) is 0 Å². The van der Waals surface area contributed by atoms with Crippen LogP contribution in [0.25, 0.3) is 0 Å². The summed E-state index contributed by atoms with van der Waals surface area (Å²) >= 11 is 0. The van der Waals surface area contributed by atoms with Crippen molar-refractivity contribution < 1.29 is 19.1 Å². The van der Waals surface area contributed by atoms with Crippen LogP contribution in [-0.4, -0.2) is 23.0 Å². The standard InChI is InChI=1S/C24H30N2O4/c1-23(2,3)30-22(28)24(4,5)26-13-16-9-11-17(12-10-16)15-29-20-8-6-7-18-19(20)14-25-21(18)27/h6-12,26H,13-15H2,1-5H3,(H,25,27). The van der Waals surface area contributed by atoms with E-state index in [4.69, 9.17) is 9.47 Å². The second-order valence-corrected chi connectivity index (χ2v) is 9.05. The predicted octanol–water partition coefficient (Wildman–Crippen LogP) is 3.72. The van der Waals surface area contributed by atoms with Gasteiger partial charge >= 0.3 is 5.97 Å². The summed E-state index contributed by atoms with van der Waals surface area (Å²) in [5.41, 5.74) is 2.38. The zero-order chi connectivity index (χ0) is 21.9. The minimum atomic E-state index is -0.784. The number of carbonyl (C=O) groups is 2. The van der Waals surface area contributed by atoms with Gasteiger partial charge in [0.15, 0.2) is 0 Å². The highest BCUT2D eigenvalue weighted by molar-refractivity contribution is 5.99. The third kappa shape index (κ3) is 5.39. The van der Waals surface area contributed by atoms with Crippen molar-refractivity contribution in [3.8, 4) is 5.75 Å². The maximum Gasteiger partial charge on any atom is 0.326 e. The SMILES string of the molecule is CC(C)(C)OC(=O)C(C)(C)NCc1ccc(COc2cccc3c2CNC3=O)cc1. The van der Waals surface area contributed by atoms with Gasteiger partial charge in [-0.3, -0.25) is 14.9 Å². The van der Waals surface area contributed by atoms with Crippen LogP contribution >= 0.6 is 0 Å². The summed E-state index contributed by atoms with van der Waals surface area (Å²) in [7, 11) is 0. The van der Waals surface area contributed by atoms with Crippen molar-refractivity contribution in [2.75, 3.05) is 0 Å². The lowest BCUT2D eigenvalue weighted by molar-refractivity contribution is -0.161. The molecular weight excluding hydrogens is 380 g/mol. The van der Waals surface area contributed by atoms with Gasteiger partial charge in [-0.25, -0.2) is 0 Å². The Morgan fingerprint density at radius 2 is 1.70 bits per heavy atom. The third-order valence-corrected chi connectivity index (χ3v) is 4.86. The van der Waals surface area contributed by atoms with E-state index in [2.05, 4.69) is 10.6 Å². The van der Waals surface area contributed by atoms with Crippen LogP contribution in [-0.2, 0) is 29.2 Å². The van der Waals surface area contributed by atoms with E-state index in [9.17, 15) is 9.59 Å². The monoisotopic (exact) mass is 410 g/mol. The number of hydrogen-bond acceptors (Lipinski definition) is 5. The van der Waals surface area contributed by atoms with Gasteiger partial charge in [-0.05, 0) is 57.9 Å². The second-order valence-electron chi connectivity index (χ2n) is 9.05. The molecule has 0 aliphatic carbocycles. The maximum atomic E-state index is 12.3. The van der Waals surface area contributed by atoms with E-state index in [1.54, 1.807) is 0 Å². The van der Waals surface area contributed by atoms with Crippen LogP contribution in [0.5, 0.6) is 5.75 Å². The normalized spacial score (nSPS) is 13.6. The molecule has 0 saturated heterocycles. The number of esters is 1. The van der Waals surface area contributed by atoms with Crippen molar-refractivity contribution in [1.29, 1.82) is 0 Å². The smallest absolute Gasteiger partial charge is 0.326 e. The molecule has 1 aliphatic heterocycles. The van der Waals surface area contributed by atoms with Crippen LogP contribution in [0.4, 0.5) is 0 Å². The fourth-order valence-corrected chi connectivity index (χ4v) is 3.08. The van der Waals surface area contributed by atoms with Gasteiger partial charge in [0.2, 0.25) is 0 Å². The molecule has 2 aromatic carbocycles. The molecule has 0 atom stereocenters. The first-order valence-corrected chi connectivity index (χ1v) is 10.1. The molecule has 1 amide bonds. The Morgan fingerprint density at radius 3 is 2.37 bits per heavy atom. The van der Waals surface area contributed by atoms with E-state index in [1.165, 1.54) is 0 Å². The van der Waals surface area contributed by atoms with Gasteiger partial charge in [0.25, 0.3) is 5.91 Å². The van der Waals surface area contributed by atoms with Crippen LogP contribution in [0.2, 0.25) is 0 Å². The number of fused-ring (bicyclic) bond motifs is 1. The van der Waals surface area contributed by atoms with Gasteiger partial charge < -0.3 is 14.8 Å². The number of carbonyl (C=O) groups excluding carboxylic acids is 2. The Balaban J connectivity index is 1.55. The number of nitrogens with one attached hydrogen (secondary N) is 2. The first-order valence-electron chi connectivity index (χ1n) is 10.1. The topological polar surface area (TPSA) is 76.7 Å². The van der Waals surface area contributed by atoms with E-state index in [0.717, 1.165) is 22.4 Å².